The maximum absolute atomic E-state index is 11.4. The summed E-state index contributed by atoms with van der Waals surface area (Å²) in [5, 5.41) is 0. The molecule has 0 aromatic heterocycles. The molecule has 0 N–H and O–H groups in total. The van der Waals surface area contributed by atoms with E-state index in [1.54, 1.807) is 0 Å². The molecule has 1 aromatic carbocycles. The number of carbonyl (C=O) groups is 1. The van der Waals surface area contributed by atoms with E-state index in [2.05, 4.69) is 13.8 Å². The predicted octanol–water partition coefficient (Wildman–Crippen LogP) is 3.78. The second-order valence-corrected chi connectivity index (χ2v) is 5.82. The van der Waals surface area contributed by atoms with Crippen molar-refractivity contribution in [3.8, 4) is 5.75 Å². The fourth-order valence-corrected chi connectivity index (χ4v) is 1.54. The van der Waals surface area contributed by atoms with Gasteiger partial charge in [-0.15, -0.1) is 0 Å². The van der Waals surface area contributed by atoms with Gasteiger partial charge in [0.2, 0.25) is 0 Å². The molecule has 0 saturated heterocycles. The zero-order valence-electron chi connectivity index (χ0n) is 13.6. The first-order chi connectivity index (χ1) is 9.88. The van der Waals surface area contributed by atoms with Crippen molar-refractivity contribution in [2.24, 2.45) is 11.8 Å². The monoisotopic (exact) mass is 294 g/mol. The summed E-state index contributed by atoms with van der Waals surface area (Å²) >= 11 is 0. The van der Waals surface area contributed by atoms with Crippen LogP contribution in [0.1, 0.15) is 40.2 Å². The van der Waals surface area contributed by atoms with Gasteiger partial charge in [0, 0.05) is 0 Å². The average Bonchev–Trinajstić information content (AvgIpc) is 2.44. The normalized spacial score (nSPS) is 12.5. The van der Waals surface area contributed by atoms with Crippen LogP contribution in [0.4, 0.5) is 0 Å². The largest absolute Gasteiger partial charge is 0.465 e. The Bertz CT molecular complexity index is 423. The van der Waals surface area contributed by atoms with Crippen molar-refractivity contribution < 1.29 is 19.0 Å². The third kappa shape index (κ3) is 7.14. The lowest BCUT2D eigenvalue weighted by Gasteiger charge is -2.17. The molecule has 0 bridgehead atoms. The third-order valence-corrected chi connectivity index (χ3v) is 2.74. The quantitative estimate of drug-likeness (QED) is 0.540. The second kappa shape index (κ2) is 8.67. The van der Waals surface area contributed by atoms with Crippen molar-refractivity contribution in [3.63, 3.8) is 0 Å². The number of esters is 1. The molecule has 0 aliphatic carbocycles. The van der Waals surface area contributed by atoms with Crippen LogP contribution in [0.25, 0.3) is 0 Å². The Morgan fingerprint density at radius 1 is 1.05 bits per heavy atom. The van der Waals surface area contributed by atoms with E-state index >= 15 is 0 Å². The number of ether oxygens (including phenoxy) is 3. The molecule has 0 fully saturated rings. The maximum atomic E-state index is 11.4. The molecule has 0 aliphatic heterocycles. The summed E-state index contributed by atoms with van der Waals surface area (Å²) in [6, 6.07) is 7.48. The Morgan fingerprint density at radius 3 is 2.19 bits per heavy atom. The summed E-state index contributed by atoms with van der Waals surface area (Å²) in [5.74, 6) is 0.928. The van der Waals surface area contributed by atoms with Gasteiger partial charge >= 0.3 is 5.97 Å². The minimum atomic E-state index is -0.281. The molecular weight excluding hydrogens is 268 g/mol. The Kier molecular flexibility index (Phi) is 7.23. The molecule has 1 rings (SSSR count). The van der Waals surface area contributed by atoms with E-state index in [1.807, 2.05) is 45.0 Å². The Balaban J connectivity index is 2.41. The molecule has 0 saturated carbocycles. The lowest BCUT2D eigenvalue weighted by molar-refractivity contribution is -0.148. The lowest BCUT2D eigenvalue weighted by atomic mass is 10.2. The molecule has 0 heterocycles. The molecule has 0 aliphatic rings. The Hall–Kier alpha value is -1.55. The van der Waals surface area contributed by atoms with Crippen molar-refractivity contribution in [1.29, 1.82) is 0 Å². The van der Waals surface area contributed by atoms with E-state index in [1.165, 1.54) is 0 Å². The number of carbonyl (C=O) groups excluding carboxylic acids is 1. The zero-order valence-corrected chi connectivity index (χ0v) is 13.6. The summed E-state index contributed by atoms with van der Waals surface area (Å²) in [6.07, 6.45) is -0.281. The van der Waals surface area contributed by atoms with Gasteiger partial charge in [-0.2, -0.15) is 0 Å². The van der Waals surface area contributed by atoms with Crippen molar-refractivity contribution in [2.75, 3.05) is 6.61 Å². The van der Waals surface area contributed by atoms with Crippen LogP contribution in [0.5, 0.6) is 5.75 Å². The highest BCUT2D eigenvalue weighted by molar-refractivity contribution is 5.71. The SMILES string of the molecule is CC(C)COC(C)Oc1ccc(COC(=O)C(C)C)cc1. The molecule has 4 heteroatoms. The maximum Gasteiger partial charge on any atom is 0.308 e. The zero-order chi connectivity index (χ0) is 15.8. The van der Waals surface area contributed by atoms with Gasteiger partial charge in [0.15, 0.2) is 6.29 Å². The lowest BCUT2D eigenvalue weighted by Crippen LogP contribution is -2.19. The second-order valence-electron chi connectivity index (χ2n) is 5.82. The van der Waals surface area contributed by atoms with E-state index in [-0.39, 0.29) is 24.8 Å². The van der Waals surface area contributed by atoms with Gasteiger partial charge in [-0.05, 0) is 30.5 Å². The summed E-state index contributed by atoms with van der Waals surface area (Å²) in [6.45, 7) is 10.7. The molecule has 0 amide bonds. The number of hydrogen-bond acceptors (Lipinski definition) is 4. The minimum Gasteiger partial charge on any atom is -0.465 e. The van der Waals surface area contributed by atoms with E-state index in [4.69, 9.17) is 14.2 Å². The highest BCUT2D eigenvalue weighted by atomic mass is 16.7. The van der Waals surface area contributed by atoms with Crippen molar-refractivity contribution in [1.82, 2.24) is 0 Å². The standard InChI is InChI=1S/C17H26O4/c1-12(2)10-19-14(5)21-16-8-6-15(7-9-16)11-20-17(18)13(3)4/h6-9,12-14H,10-11H2,1-5H3. The Morgan fingerprint density at radius 2 is 1.67 bits per heavy atom. The average molecular weight is 294 g/mol. The van der Waals surface area contributed by atoms with Gasteiger partial charge < -0.3 is 14.2 Å². The summed E-state index contributed by atoms with van der Waals surface area (Å²) in [7, 11) is 0. The molecule has 4 nitrogen and oxygen atoms in total. The molecule has 0 radical (unpaired) electrons. The minimum absolute atomic E-state index is 0.105. The fourth-order valence-electron chi connectivity index (χ4n) is 1.54. The van der Waals surface area contributed by atoms with E-state index in [9.17, 15) is 4.79 Å². The molecule has 1 aromatic rings. The van der Waals surface area contributed by atoms with Crippen LogP contribution in [-0.2, 0) is 20.9 Å². The van der Waals surface area contributed by atoms with Crippen LogP contribution in [0.3, 0.4) is 0 Å². The van der Waals surface area contributed by atoms with Gasteiger partial charge in [-0.1, -0.05) is 39.8 Å². The first kappa shape index (κ1) is 17.5. The first-order valence-electron chi connectivity index (χ1n) is 7.42. The van der Waals surface area contributed by atoms with Gasteiger partial charge in [0.05, 0.1) is 12.5 Å². The number of hydrogen-bond donors (Lipinski definition) is 0. The molecule has 0 spiro atoms. The van der Waals surface area contributed by atoms with Crippen LogP contribution in [0, 0.1) is 11.8 Å². The van der Waals surface area contributed by atoms with Gasteiger partial charge in [0.1, 0.15) is 12.4 Å². The first-order valence-corrected chi connectivity index (χ1v) is 7.42. The predicted molar refractivity (Wildman–Crippen MR) is 82.0 cm³/mol. The van der Waals surface area contributed by atoms with Crippen LogP contribution < -0.4 is 4.74 Å². The number of rotatable bonds is 8. The van der Waals surface area contributed by atoms with Gasteiger partial charge in [-0.25, -0.2) is 0 Å². The van der Waals surface area contributed by atoms with Crippen LogP contribution in [0.2, 0.25) is 0 Å². The van der Waals surface area contributed by atoms with E-state index in [0.29, 0.717) is 12.5 Å². The summed E-state index contributed by atoms with van der Waals surface area (Å²) in [5.41, 5.74) is 0.937. The third-order valence-electron chi connectivity index (χ3n) is 2.74. The van der Waals surface area contributed by atoms with Crippen LogP contribution >= 0.6 is 0 Å². The molecule has 1 atom stereocenters. The molecule has 118 valence electrons. The van der Waals surface area contributed by atoms with Crippen LogP contribution in [0.15, 0.2) is 24.3 Å². The van der Waals surface area contributed by atoms with Gasteiger partial charge in [-0.3, -0.25) is 4.79 Å². The topological polar surface area (TPSA) is 44.8 Å². The summed E-state index contributed by atoms with van der Waals surface area (Å²) in [4.78, 5) is 11.4. The van der Waals surface area contributed by atoms with E-state index in [0.717, 1.165) is 11.3 Å². The highest BCUT2D eigenvalue weighted by Gasteiger charge is 2.09. The van der Waals surface area contributed by atoms with Crippen molar-refractivity contribution in [3.05, 3.63) is 29.8 Å². The van der Waals surface area contributed by atoms with Crippen LogP contribution in [-0.4, -0.2) is 18.9 Å². The van der Waals surface area contributed by atoms with Gasteiger partial charge in [0.25, 0.3) is 0 Å². The van der Waals surface area contributed by atoms with E-state index < -0.39 is 0 Å². The molecule has 21 heavy (non-hydrogen) atoms. The van der Waals surface area contributed by atoms with Crippen molar-refractivity contribution >= 4 is 5.97 Å². The molecular formula is C17H26O4. The summed E-state index contributed by atoms with van der Waals surface area (Å²) < 4.78 is 16.4. The highest BCUT2D eigenvalue weighted by Crippen LogP contribution is 2.15. The van der Waals surface area contributed by atoms with Crippen molar-refractivity contribution in [2.45, 2.75) is 47.5 Å². The Labute approximate surface area is 127 Å². The fraction of sp³-hybridized carbons (Fsp3) is 0.588. The smallest absolute Gasteiger partial charge is 0.308 e. The number of benzene rings is 1. The molecule has 1 unspecified atom stereocenters.